The van der Waals surface area contributed by atoms with Gasteiger partial charge in [0.2, 0.25) is 0 Å². The zero-order valence-electron chi connectivity index (χ0n) is 33.6. The second-order valence-electron chi connectivity index (χ2n) is 15.9. The van der Waals surface area contributed by atoms with Gasteiger partial charge in [0.25, 0.3) is 0 Å². The summed E-state index contributed by atoms with van der Waals surface area (Å²) in [6.07, 6.45) is 7.20. The van der Waals surface area contributed by atoms with Crippen LogP contribution >= 0.6 is 0 Å². The molecule has 1 heterocycles. The summed E-state index contributed by atoms with van der Waals surface area (Å²) in [5.74, 6) is 1.03. The molecule has 1 saturated heterocycles. The van der Waals surface area contributed by atoms with Crippen molar-refractivity contribution in [1.82, 2.24) is 0 Å². The van der Waals surface area contributed by atoms with Gasteiger partial charge in [-0.1, -0.05) is 0 Å². The molecule has 294 valence electrons. The summed E-state index contributed by atoms with van der Waals surface area (Å²) in [7, 11) is 0.0966. The summed E-state index contributed by atoms with van der Waals surface area (Å²) in [4.78, 5) is 17.0. The zero-order valence-corrected chi connectivity index (χ0v) is 36.3. The van der Waals surface area contributed by atoms with Crippen LogP contribution in [-0.2, 0) is 18.9 Å². The number of nitrogens with zero attached hydrogens (tertiary/aromatic N) is 3. The number of hydrogen-bond acceptors (Lipinski definition) is 8. The van der Waals surface area contributed by atoms with Crippen LogP contribution in [0.25, 0.3) is 10.4 Å². The Morgan fingerprint density at radius 1 is 1.04 bits per heavy atom. The average molecular weight is 817 g/mol. The van der Waals surface area contributed by atoms with Gasteiger partial charge in [-0.3, -0.25) is 0 Å². The van der Waals surface area contributed by atoms with Crippen molar-refractivity contribution in [3.8, 4) is 11.5 Å². The van der Waals surface area contributed by atoms with E-state index < -0.39 is 19.8 Å². The van der Waals surface area contributed by atoms with Crippen molar-refractivity contribution in [1.29, 1.82) is 0 Å². The van der Waals surface area contributed by atoms with Gasteiger partial charge < -0.3 is 5.53 Å². The van der Waals surface area contributed by atoms with Gasteiger partial charge in [-0.25, -0.2) is 0 Å². The molecule has 0 radical (unpaired) electrons. The first-order valence-electron chi connectivity index (χ1n) is 19.0. The van der Waals surface area contributed by atoms with Gasteiger partial charge in [-0.2, -0.15) is 0 Å². The van der Waals surface area contributed by atoms with Crippen molar-refractivity contribution >= 4 is 33.5 Å². The number of ether oxygens (including phenoxy) is 6. The molecule has 3 rings (SSSR count). The molecule has 0 N–H and O–H groups in total. The predicted molar refractivity (Wildman–Crippen MR) is 216 cm³/mol. The third kappa shape index (κ3) is 15.4. The third-order valence-corrected chi connectivity index (χ3v) is 13.8. The Morgan fingerprint density at radius 2 is 1.77 bits per heavy atom. The van der Waals surface area contributed by atoms with Crippen LogP contribution in [0.1, 0.15) is 88.0 Å². The zero-order chi connectivity index (χ0) is 39.0. The van der Waals surface area contributed by atoms with Crippen molar-refractivity contribution in [3.05, 3.63) is 76.2 Å². The first-order chi connectivity index (χ1) is 25.1. The quantitative estimate of drug-likeness (QED) is 0.0160. The summed E-state index contributed by atoms with van der Waals surface area (Å²) in [5.41, 5.74) is 9.89. The monoisotopic (exact) mass is 817 g/mol. The molecular weight excluding hydrogens is 754 g/mol. The van der Waals surface area contributed by atoms with Gasteiger partial charge >= 0.3 is 321 Å². The summed E-state index contributed by atoms with van der Waals surface area (Å²) in [5, 5.41) is 3.64. The summed E-state index contributed by atoms with van der Waals surface area (Å²) >= 11 is -0.0796. The van der Waals surface area contributed by atoms with Crippen LogP contribution in [0.15, 0.2) is 59.7 Å². The van der Waals surface area contributed by atoms with Crippen molar-refractivity contribution in [2.75, 3.05) is 33.7 Å². The predicted octanol–water partition coefficient (Wildman–Crippen LogP) is 9.49. The van der Waals surface area contributed by atoms with E-state index in [4.69, 9.17) is 34.0 Å². The number of rotatable bonds is 23. The van der Waals surface area contributed by atoms with E-state index in [2.05, 4.69) is 93.8 Å². The molecule has 10 nitrogen and oxygen atoms in total. The van der Waals surface area contributed by atoms with Gasteiger partial charge in [0, 0.05) is 0 Å². The first kappa shape index (κ1) is 44.6. The molecule has 12 heteroatoms. The molecule has 1 aliphatic heterocycles. The number of azide groups is 1. The van der Waals surface area contributed by atoms with Crippen LogP contribution in [0.5, 0.6) is 11.5 Å². The molecule has 0 saturated carbocycles. The molecule has 0 bridgehead atoms. The van der Waals surface area contributed by atoms with E-state index in [1.807, 2.05) is 26.0 Å². The Labute approximate surface area is 325 Å². The van der Waals surface area contributed by atoms with Crippen LogP contribution in [0.2, 0.25) is 25.7 Å². The van der Waals surface area contributed by atoms with Crippen molar-refractivity contribution in [2.45, 2.75) is 116 Å². The van der Waals surface area contributed by atoms with E-state index in [0.29, 0.717) is 61.5 Å². The Kier molecular flexibility index (Phi) is 18.4. The molecular formula is C41H63N3O7SeSi. The summed E-state index contributed by atoms with van der Waals surface area (Å²) in [6.45, 7) is 20.8. The maximum absolute atomic E-state index is 14.2. The van der Waals surface area contributed by atoms with Crippen molar-refractivity contribution < 1.29 is 33.2 Å². The van der Waals surface area contributed by atoms with Gasteiger partial charge in [0.15, 0.2) is 0 Å². The molecule has 5 atom stereocenters. The number of carbonyl (C=O) groups is 1. The number of carbonyl (C=O) groups excluding carboxylic acids is 1. The van der Waals surface area contributed by atoms with Crippen LogP contribution in [0, 0.1) is 17.8 Å². The Balaban J connectivity index is 2.06. The van der Waals surface area contributed by atoms with E-state index in [1.165, 1.54) is 4.46 Å². The van der Waals surface area contributed by atoms with Crippen LogP contribution in [0.3, 0.4) is 0 Å². The van der Waals surface area contributed by atoms with E-state index in [-0.39, 0.29) is 44.7 Å². The van der Waals surface area contributed by atoms with Crippen LogP contribution in [-0.4, -0.2) is 80.7 Å². The van der Waals surface area contributed by atoms with Gasteiger partial charge in [-0.15, -0.1) is 0 Å². The standard InChI is InChI=1S/C41H63N3O7SeSi/c1-29(2)30(3)18-19-31(4)39-35(50-41(5,6)51-39)20-21-37(52-33-16-12-11-13-17-33)34-26-32(47-23-15-14-22-43-44-42)27-36(49-28-46-7)38(34)40(45)48-24-25-53(8,9)10/h11-13,16-19,26-27,29-31,35,37,39H,14-15,20-25,28H2,1-10H3/b19-18-/t30-,31?,35+,37?,39-/m1/s1. The average Bonchev–Trinajstić information content (AvgIpc) is 3.42. The molecule has 1 aliphatic rings. The number of esters is 1. The normalized spacial score (nSPS) is 18.8. The number of methoxy groups -OCH3 is 1. The number of hydrogen-bond donors (Lipinski definition) is 0. The molecule has 1 fully saturated rings. The minimum absolute atomic E-state index is 0.0381. The van der Waals surface area contributed by atoms with Gasteiger partial charge in [-0.05, 0) is 0 Å². The molecule has 53 heavy (non-hydrogen) atoms. The number of benzene rings is 2. The second-order valence-corrected chi connectivity index (χ2v) is 24.2. The molecule has 2 aromatic rings. The first-order valence-corrected chi connectivity index (χ1v) is 24.6. The second kappa shape index (κ2) is 21.9. The number of allylic oxidation sites excluding steroid dienone is 1. The molecule has 0 spiro atoms. The van der Waals surface area contributed by atoms with Crippen molar-refractivity contribution in [3.63, 3.8) is 0 Å². The minimum atomic E-state index is -1.46. The summed E-state index contributed by atoms with van der Waals surface area (Å²) in [6, 6.07) is 15.0. The van der Waals surface area contributed by atoms with E-state index in [9.17, 15) is 4.79 Å². The van der Waals surface area contributed by atoms with E-state index >= 15 is 0 Å². The Morgan fingerprint density at radius 3 is 2.43 bits per heavy atom. The summed E-state index contributed by atoms with van der Waals surface area (Å²) < 4.78 is 38.1. The Hall–Kier alpha value is -2.82. The van der Waals surface area contributed by atoms with Crippen LogP contribution in [0.4, 0.5) is 0 Å². The Bertz CT molecular complexity index is 1490. The van der Waals surface area contributed by atoms with Gasteiger partial charge in [0.1, 0.15) is 0 Å². The van der Waals surface area contributed by atoms with Crippen LogP contribution < -0.4 is 13.9 Å². The SMILES string of the molecule is COCOc1cc(OCCCCN=[N+]=[N-])cc(C(CC[C@@H]2OC(C)(C)O[C@@H]2C(C)/C=C\[C@@H](C)C(C)C)[Se]c2ccccc2)c1C(=O)OCC[Si](C)(C)C. The van der Waals surface area contributed by atoms with Gasteiger partial charge in [0.05, 0.1) is 0 Å². The fourth-order valence-electron chi connectivity index (χ4n) is 5.92. The van der Waals surface area contributed by atoms with E-state index in [0.717, 1.165) is 24.4 Å². The third-order valence-electron chi connectivity index (χ3n) is 9.30. The fraction of sp³-hybridized carbons (Fsp3) is 0.634. The topological polar surface area (TPSA) is 121 Å². The molecule has 2 aromatic carbocycles. The van der Waals surface area contributed by atoms with Crippen molar-refractivity contribution in [2.24, 2.45) is 22.9 Å². The number of unbranched alkanes of at least 4 members (excludes halogenated alkanes) is 1. The molecule has 0 amide bonds. The van der Waals surface area contributed by atoms with E-state index in [1.54, 1.807) is 13.2 Å². The molecule has 0 aliphatic carbocycles. The molecule has 2 unspecified atom stereocenters. The maximum atomic E-state index is 14.2. The molecule has 0 aromatic heterocycles. The fourth-order valence-corrected chi connectivity index (χ4v) is 9.17.